The number of fused-ring (bicyclic) bond motifs is 1. The zero-order valence-corrected chi connectivity index (χ0v) is 23.0. The van der Waals surface area contributed by atoms with Crippen LogP contribution in [0, 0.1) is 10.1 Å². The maximum absolute atomic E-state index is 13.6. The molecule has 0 bridgehead atoms. The van der Waals surface area contributed by atoms with Crippen LogP contribution in [0.25, 0.3) is 10.9 Å². The van der Waals surface area contributed by atoms with Gasteiger partial charge in [0.15, 0.2) is 5.75 Å². The Morgan fingerprint density at radius 3 is 2.62 bits per heavy atom. The number of benzene rings is 3. The zero-order chi connectivity index (χ0) is 27.4. The molecule has 1 heterocycles. The van der Waals surface area contributed by atoms with Crippen molar-refractivity contribution >= 4 is 38.7 Å². The Balaban J connectivity index is 1.56. The molecule has 0 amide bonds. The van der Waals surface area contributed by atoms with Crippen molar-refractivity contribution in [2.24, 2.45) is 5.10 Å². The van der Waals surface area contributed by atoms with Crippen molar-refractivity contribution < 1.29 is 14.4 Å². The topological polar surface area (TPSA) is 109 Å². The molecule has 1 aliphatic carbocycles. The lowest BCUT2D eigenvalue weighted by Crippen LogP contribution is -2.25. The molecular weight excluding hydrogens is 564 g/mol. The third-order valence-corrected chi connectivity index (χ3v) is 7.32. The molecule has 1 aromatic heterocycles. The fourth-order valence-electron chi connectivity index (χ4n) is 4.87. The molecule has 9 nitrogen and oxygen atoms in total. The fourth-order valence-corrected chi connectivity index (χ4v) is 5.23. The van der Waals surface area contributed by atoms with E-state index in [-0.39, 0.29) is 35.3 Å². The van der Waals surface area contributed by atoms with Gasteiger partial charge in [-0.25, -0.2) is 4.98 Å². The van der Waals surface area contributed by atoms with E-state index in [9.17, 15) is 14.9 Å². The van der Waals surface area contributed by atoms with Gasteiger partial charge in [0.25, 0.3) is 5.56 Å². The van der Waals surface area contributed by atoms with E-state index in [1.807, 2.05) is 42.5 Å². The van der Waals surface area contributed by atoms with E-state index in [1.165, 1.54) is 24.1 Å². The molecule has 39 heavy (non-hydrogen) atoms. The summed E-state index contributed by atoms with van der Waals surface area (Å²) in [5.41, 5.74) is 1.33. The number of nitro groups is 1. The monoisotopic (exact) mass is 590 g/mol. The highest BCUT2D eigenvalue weighted by molar-refractivity contribution is 9.10. The molecular formula is C29H27BrN4O5. The summed E-state index contributed by atoms with van der Waals surface area (Å²) in [5.74, 6) is 0.937. The van der Waals surface area contributed by atoms with Crippen molar-refractivity contribution in [1.82, 2.24) is 9.66 Å². The van der Waals surface area contributed by atoms with Crippen molar-refractivity contribution in [3.63, 3.8) is 0 Å². The summed E-state index contributed by atoms with van der Waals surface area (Å²) in [5, 5.41) is 16.9. The molecule has 0 radical (unpaired) electrons. The Morgan fingerprint density at radius 2 is 1.90 bits per heavy atom. The van der Waals surface area contributed by atoms with Gasteiger partial charge in [0.05, 0.1) is 29.2 Å². The van der Waals surface area contributed by atoms with Crippen LogP contribution in [0.15, 0.2) is 75.0 Å². The van der Waals surface area contributed by atoms with Gasteiger partial charge in [0.2, 0.25) is 5.75 Å². The first-order chi connectivity index (χ1) is 18.9. The molecule has 10 heteroatoms. The lowest BCUT2D eigenvalue weighted by atomic mass is 9.88. The first kappa shape index (κ1) is 26.6. The number of nitrogens with zero attached hydrogens (tertiary/aromatic N) is 4. The summed E-state index contributed by atoms with van der Waals surface area (Å²) in [6.07, 6.45) is 6.57. The number of aromatic nitrogens is 2. The van der Waals surface area contributed by atoms with Crippen molar-refractivity contribution in [2.45, 2.75) is 44.6 Å². The van der Waals surface area contributed by atoms with Gasteiger partial charge < -0.3 is 9.47 Å². The van der Waals surface area contributed by atoms with E-state index >= 15 is 0 Å². The first-order valence-electron chi connectivity index (χ1n) is 12.7. The average molecular weight is 591 g/mol. The second-order valence-corrected chi connectivity index (χ2v) is 10.3. The number of hydrogen-bond acceptors (Lipinski definition) is 7. The molecule has 0 spiro atoms. The molecule has 0 N–H and O–H groups in total. The molecule has 200 valence electrons. The number of rotatable bonds is 8. The summed E-state index contributed by atoms with van der Waals surface area (Å²) in [7, 11) is 1.42. The number of methoxy groups -OCH3 is 1. The van der Waals surface area contributed by atoms with Gasteiger partial charge in [-0.15, -0.1) is 0 Å². The summed E-state index contributed by atoms with van der Waals surface area (Å²) in [6.45, 7) is 0.143. The van der Waals surface area contributed by atoms with Gasteiger partial charge in [-0.05, 0) is 42.7 Å². The van der Waals surface area contributed by atoms with Gasteiger partial charge in [-0.2, -0.15) is 9.78 Å². The van der Waals surface area contributed by atoms with E-state index in [1.54, 1.807) is 12.1 Å². The number of nitro benzene ring substituents is 1. The van der Waals surface area contributed by atoms with E-state index in [4.69, 9.17) is 14.5 Å². The van der Waals surface area contributed by atoms with Crippen LogP contribution in [0.2, 0.25) is 0 Å². The minimum absolute atomic E-state index is 0.0285. The number of hydrogen-bond donors (Lipinski definition) is 0. The van der Waals surface area contributed by atoms with Crippen LogP contribution in [-0.4, -0.2) is 27.9 Å². The average Bonchev–Trinajstić information content (AvgIpc) is 2.96. The lowest BCUT2D eigenvalue weighted by molar-refractivity contribution is -0.386. The van der Waals surface area contributed by atoms with Gasteiger partial charge in [0, 0.05) is 22.0 Å². The predicted molar refractivity (Wildman–Crippen MR) is 153 cm³/mol. The van der Waals surface area contributed by atoms with Gasteiger partial charge >= 0.3 is 5.69 Å². The molecule has 1 saturated carbocycles. The number of halogens is 1. The Labute approximate surface area is 233 Å². The van der Waals surface area contributed by atoms with Crippen LogP contribution < -0.4 is 15.0 Å². The van der Waals surface area contributed by atoms with Crippen molar-refractivity contribution in [3.05, 3.63) is 103 Å². The summed E-state index contributed by atoms with van der Waals surface area (Å²) in [4.78, 5) is 29.9. The van der Waals surface area contributed by atoms with Gasteiger partial charge in [0.1, 0.15) is 12.4 Å². The predicted octanol–water partition coefficient (Wildman–Crippen LogP) is 6.58. The summed E-state index contributed by atoms with van der Waals surface area (Å²) >= 11 is 3.43. The van der Waals surface area contributed by atoms with E-state index in [0.717, 1.165) is 42.1 Å². The van der Waals surface area contributed by atoms with Crippen molar-refractivity contribution in [2.75, 3.05) is 7.11 Å². The molecule has 1 fully saturated rings. The van der Waals surface area contributed by atoms with Crippen molar-refractivity contribution in [3.8, 4) is 11.5 Å². The maximum Gasteiger partial charge on any atom is 0.315 e. The van der Waals surface area contributed by atoms with Crippen LogP contribution >= 0.6 is 15.9 Å². The molecule has 1 aliphatic rings. The molecule has 0 atom stereocenters. The van der Waals surface area contributed by atoms with E-state index < -0.39 is 4.92 Å². The molecule has 0 unspecified atom stereocenters. The second kappa shape index (κ2) is 11.8. The molecule has 0 saturated heterocycles. The SMILES string of the molecule is COc1cc(C=Nn2c(C3CCCCC3)nc3ccc(Br)cc3c2=O)cc([N+](=O)[O-])c1OCc1ccccc1. The first-order valence-corrected chi connectivity index (χ1v) is 13.5. The number of ether oxygens (including phenoxy) is 2. The Bertz CT molecular complexity index is 1600. The van der Waals surface area contributed by atoms with Gasteiger partial charge in [-0.3, -0.25) is 14.9 Å². The highest BCUT2D eigenvalue weighted by Gasteiger charge is 2.24. The standard InChI is InChI=1S/C29H27BrN4O5/c1-38-26-15-20(14-25(34(36)37)27(26)39-18-19-8-4-2-5-9-19)17-31-33-28(21-10-6-3-7-11-21)32-24-13-12-22(30)16-23(24)29(33)35/h2,4-5,8-9,12-17,21H,3,6-7,10-11,18H2,1H3. The third kappa shape index (κ3) is 5.85. The normalized spacial score (nSPS) is 14.1. The summed E-state index contributed by atoms with van der Waals surface area (Å²) < 4.78 is 13.4. The van der Waals surface area contributed by atoms with Crippen LogP contribution in [0.4, 0.5) is 5.69 Å². The largest absolute Gasteiger partial charge is 0.493 e. The smallest absolute Gasteiger partial charge is 0.315 e. The highest BCUT2D eigenvalue weighted by Crippen LogP contribution is 2.38. The Hall–Kier alpha value is -4.05. The van der Waals surface area contributed by atoms with E-state index in [2.05, 4.69) is 21.0 Å². The molecule has 0 aliphatic heterocycles. The van der Waals surface area contributed by atoms with E-state index in [0.29, 0.717) is 22.3 Å². The van der Waals surface area contributed by atoms with Crippen LogP contribution in [0.1, 0.15) is 55.0 Å². The van der Waals surface area contributed by atoms with Gasteiger partial charge in [-0.1, -0.05) is 65.5 Å². The van der Waals surface area contributed by atoms with Crippen LogP contribution in [0.3, 0.4) is 0 Å². The summed E-state index contributed by atoms with van der Waals surface area (Å²) in [6, 6.07) is 17.7. The minimum atomic E-state index is -0.519. The molecule has 4 aromatic rings. The maximum atomic E-state index is 13.6. The van der Waals surface area contributed by atoms with Crippen LogP contribution in [-0.2, 0) is 6.61 Å². The Kier molecular flexibility index (Phi) is 8.02. The fraction of sp³-hybridized carbons (Fsp3) is 0.276. The minimum Gasteiger partial charge on any atom is -0.493 e. The lowest BCUT2D eigenvalue weighted by Gasteiger charge is -2.22. The molecule has 3 aromatic carbocycles. The van der Waals surface area contributed by atoms with Crippen molar-refractivity contribution in [1.29, 1.82) is 0 Å². The third-order valence-electron chi connectivity index (χ3n) is 6.83. The highest BCUT2D eigenvalue weighted by atomic mass is 79.9. The zero-order valence-electron chi connectivity index (χ0n) is 21.4. The second-order valence-electron chi connectivity index (χ2n) is 9.43. The molecule has 5 rings (SSSR count). The van der Waals surface area contributed by atoms with Crippen LogP contribution in [0.5, 0.6) is 11.5 Å². The Morgan fingerprint density at radius 1 is 1.13 bits per heavy atom. The quantitative estimate of drug-likeness (QED) is 0.130.